The van der Waals surface area contributed by atoms with Crippen LogP contribution in [0.25, 0.3) is 0 Å². The highest BCUT2D eigenvalue weighted by Gasteiger charge is 2.26. The van der Waals surface area contributed by atoms with Crippen LogP contribution in [0.5, 0.6) is 0 Å². The molecule has 2 N–H and O–H groups in total. The van der Waals surface area contributed by atoms with Crippen molar-refractivity contribution in [2.75, 3.05) is 19.0 Å². The van der Waals surface area contributed by atoms with E-state index in [-0.39, 0.29) is 28.6 Å². The molecule has 0 aliphatic heterocycles. The quantitative estimate of drug-likeness (QED) is 0.786. The first-order valence-electron chi connectivity index (χ1n) is 7.77. The second-order valence-corrected chi connectivity index (χ2v) is 6.23. The predicted molar refractivity (Wildman–Crippen MR) is 97.5 cm³/mol. The van der Waals surface area contributed by atoms with E-state index in [1.165, 1.54) is 13.1 Å². The van der Waals surface area contributed by atoms with Crippen LogP contribution < -0.4 is 10.6 Å². The fraction of sp³-hybridized carbons (Fsp3) is 0.222. The Kier molecular flexibility index (Phi) is 6.09. The van der Waals surface area contributed by atoms with E-state index in [0.717, 1.165) is 11.3 Å². The lowest BCUT2D eigenvalue weighted by atomic mass is 10.1. The number of benzene rings is 1. The number of nitrogens with zero attached hydrogens (tertiary/aromatic N) is 1. The van der Waals surface area contributed by atoms with Crippen LogP contribution >= 0.6 is 11.3 Å². The molecule has 0 saturated heterocycles. The summed E-state index contributed by atoms with van der Waals surface area (Å²) in [7, 11) is 1.48. The number of nitrogens with one attached hydrogen (secondary N) is 2. The molecule has 8 heteroatoms. The van der Waals surface area contributed by atoms with Gasteiger partial charge in [0.1, 0.15) is 5.00 Å². The zero-order valence-corrected chi connectivity index (χ0v) is 15.3. The number of amides is 2. The summed E-state index contributed by atoms with van der Waals surface area (Å²) in [6.45, 7) is 3.46. The highest BCUT2D eigenvalue weighted by atomic mass is 32.1. The zero-order chi connectivity index (χ0) is 19.3. The van der Waals surface area contributed by atoms with Crippen LogP contribution in [0.15, 0.2) is 24.3 Å². The van der Waals surface area contributed by atoms with Crippen LogP contribution in [0.4, 0.5) is 5.00 Å². The third-order valence-corrected chi connectivity index (χ3v) is 4.75. The van der Waals surface area contributed by atoms with Gasteiger partial charge in [0.15, 0.2) is 0 Å². The van der Waals surface area contributed by atoms with Crippen molar-refractivity contribution in [3.63, 3.8) is 0 Å². The standard InChI is InChI=1S/C18H17N3O4S/c1-4-25-18(24)13-10(2)14(16(23)20-3)26-17(13)21-15(22)12-7-5-6-11(8-12)9-19/h5-8H,4H2,1-3H3,(H,20,23)(H,21,22). The Bertz CT molecular complexity index is 912. The average Bonchev–Trinajstić information content (AvgIpc) is 2.97. The Morgan fingerprint density at radius 2 is 2.00 bits per heavy atom. The van der Waals surface area contributed by atoms with Gasteiger partial charge in [0.05, 0.1) is 28.7 Å². The van der Waals surface area contributed by atoms with E-state index in [9.17, 15) is 14.4 Å². The molecule has 2 rings (SSSR count). The van der Waals surface area contributed by atoms with Crippen molar-refractivity contribution in [2.45, 2.75) is 13.8 Å². The van der Waals surface area contributed by atoms with Crippen molar-refractivity contribution in [1.29, 1.82) is 5.26 Å². The largest absolute Gasteiger partial charge is 0.462 e. The predicted octanol–water partition coefficient (Wildman–Crippen LogP) is 2.72. The SMILES string of the molecule is CCOC(=O)c1c(NC(=O)c2cccc(C#N)c2)sc(C(=O)NC)c1C. The fourth-order valence-corrected chi connectivity index (χ4v) is 3.42. The van der Waals surface area contributed by atoms with Gasteiger partial charge in [0, 0.05) is 12.6 Å². The normalized spacial score (nSPS) is 9.92. The molecule has 1 aromatic heterocycles. The van der Waals surface area contributed by atoms with Gasteiger partial charge < -0.3 is 15.4 Å². The molecule has 0 radical (unpaired) electrons. The van der Waals surface area contributed by atoms with E-state index in [1.807, 2.05) is 6.07 Å². The molecule has 134 valence electrons. The summed E-state index contributed by atoms with van der Waals surface area (Å²) in [5.74, 6) is -1.46. The van der Waals surface area contributed by atoms with Gasteiger partial charge in [0.25, 0.3) is 11.8 Å². The average molecular weight is 371 g/mol. The summed E-state index contributed by atoms with van der Waals surface area (Å²) in [6.07, 6.45) is 0. The Hall–Kier alpha value is -3.18. The van der Waals surface area contributed by atoms with Crippen LogP contribution in [0.1, 0.15) is 48.4 Å². The fourth-order valence-electron chi connectivity index (χ4n) is 2.29. The molecule has 0 spiro atoms. The molecule has 0 saturated carbocycles. The highest BCUT2D eigenvalue weighted by molar-refractivity contribution is 7.18. The van der Waals surface area contributed by atoms with Gasteiger partial charge in [-0.1, -0.05) is 6.07 Å². The number of esters is 1. The topological polar surface area (TPSA) is 108 Å². The number of ether oxygens (including phenoxy) is 1. The number of hydrogen-bond donors (Lipinski definition) is 2. The summed E-state index contributed by atoms with van der Waals surface area (Å²) < 4.78 is 5.04. The van der Waals surface area contributed by atoms with Crippen molar-refractivity contribution >= 4 is 34.1 Å². The number of anilines is 1. The maximum atomic E-state index is 12.5. The van der Waals surface area contributed by atoms with Gasteiger partial charge >= 0.3 is 5.97 Å². The Morgan fingerprint density at radius 1 is 1.27 bits per heavy atom. The van der Waals surface area contributed by atoms with Gasteiger partial charge in [-0.3, -0.25) is 9.59 Å². The molecule has 1 heterocycles. The van der Waals surface area contributed by atoms with Crippen molar-refractivity contribution in [3.05, 3.63) is 51.4 Å². The number of thiophene rings is 1. The van der Waals surface area contributed by atoms with E-state index in [1.54, 1.807) is 32.0 Å². The third kappa shape index (κ3) is 3.90. The second-order valence-electron chi connectivity index (χ2n) is 5.21. The summed E-state index contributed by atoms with van der Waals surface area (Å²) in [5, 5.41) is 14.3. The van der Waals surface area contributed by atoms with Gasteiger partial charge in [0.2, 0.25) is 0 Å². The molecule has 26 heavy (non-hydrogen) atoms. The van der Waals surface area contributed by atoms with Crippen LogP contribution in [-0.2, 0) is 4.74 Å². The van der Waals surface area contributed by atoms with E-state index in [4.69, 9.17) is 10.00 Å². The number of nitriles is 1. The van der Waals surface area contributed by atoms with E-state index < -0.39 is 11.9 Å². The number of carbonyl (C=O) groups excluding carboxylic acids is 3. The molecule has 2 amide bonds. The molecule has 7 nitrogen and oxygen atoms in total. The summed E-state index contributed by atoms with van der Waals surface area (Å²) in [4.78, 5) is 37.1. The summed E-state index contributed by atoms with van der Waals surface area (Å²) in [6, 6.07) is 8.14. The minimum absolute atomic E-state index is 0.153. The van der Waals surface area contributed by atoms with Gasteiger partial charge in [-0.15, -0.1) is 11.3 Å². The first-order chi connectivity index (χ1) is 12.4. The molecule has 0 fully saturated rings. The first-order valence-corrected chi connectivity index (χ1v) is 8.58. The molecule has 0 aliphatic rings. The molecule has 0 aliphatic carbocycles. The Labute approximate surface area is 154 Å². The van der Waals surface area contributed by atoms with E-state index in [0.29, 0.717) is 16.0 Å². The third-order valence-electron chi connectivity index (χ3n) is 3.54. The van der Waals surface area contributed by atoms with E-state index in [2.05, 4.69) is 10.6 Å². The van der Waals surface area contributed by atoms with Crippen molar-refractivity contribution in [1.82, 2.24) is 5.32 Å². The maximum absolute atomic E-state index is 12.5. The Morgan fingerprint density at radius 3 is 2.62 bits per heavy atom. The van der Waals surface area contributed by atoms with Crippen LogP contribution in [0, 0.1) is 18.3 Å². The monoisotopic (exact) mass is 371 g/mol. The molecule has 2 aromatic rings. The Balaban J connectivity index is 2.43. The molecule has 1 aromatic carbocycles. The van der Waals surface area contributed by atoms with E-state index >= 15 is 0 Å². The lowest BCUT2D eigenvalue weighted by molar-refractivity contribution is 0.0527. The minimum atomic E-state index is -0.613. The minimum Gasteiger partial charge on any atom is -0.462 e. The van der Waals surface area contributed by atoms with Crippen LogP contribution in [0.3, 0.4) is 0 Å². The van der Waals surface area contributed by atoms with Crippen molar-refractivity contribution in [2.24, 2.45) is 0 Å². The van der Waals surface area contributed by atoms with Gasteiger partial charge in [-0.2, -0.15) is 5.26 Å². The smallest absolute Gasteiger partial charge is 0.341 e. The second kappa shape index (κ2) is 8.27. The molecule has 0 atom stereocenters. The van der Waals surface area contributed by atoms with Crippen LogP contribution in [-0.4, -0.2) is 31.4 Å². The highest BCUT2D eigenvalue weighted by Crippen LogP contribution is 2.34. The first kappa shape index (κ1) is 19.1. The van der Waals surface area contributed by atoms with Crippen LogP contribution in [0.2, 0.25) is 0 Å². The molecular weight excluding hydrogens is 354 g/mol. The molecular formula is C18H17N3O4S. The maximum Gasteiger partial charge on any atom is 0.341 e. The molecule has 0 bridgehead atoms. The van der Waals surface area contributed by atoms with Crippen molar-refractivity contribution in [3.8, 4) is 6.07 Å². The summed E-state index contributed by atoms with van der Waals surface area (Å²) >= 11 is 0.996. The summed E-state index contributed by atoms with van der Waals surface area (Å²) in [5.41, 5.74) is 1.21. The molecule has 0 unspecified atom stereocenters. The number of hydrogen-bond acceptors (Lipinski definition) is 6. The van der Waals surface area contributed by atoms with Crippen molar-refractivity contribution < 1.29 is 19.1 Å². The lowest BCUT2D eigenvalue weighted by Crippen LogP contribution is -2.18. The zero-order valence-electron chi connectivity index (χ0n) is 14.5. The van der Waals surface area contributed by atoms with Gasteiger partial charge in [-0.25, -0.2) is 4.79 Å². The lowest BCUT2D eigenvalue weighted by Gasteiger charge is -2.07. The number of rotatable bonds is 5. The van der Waals surface area contributed by atoms with Gasteiger partial charge in [-0.05, 0) is 37.6 Å². The number of carbonyl (C=O) groups is 3.